The Morgan fingerprint density at radius 1 is 1.33 bits per heavy atom. The molecule has 0 radical (unpaired) electrons. The number of nitrogens with zero attached hydrogens (tertiary/aromatic N) is 1. The molecule has 0 saturated heterocycles. The number of thiophene rings is 1. The van der Waals surface area contributed by atoms with Gasteiger partial charge in [-0.3, -0.25) is 0 Å². The van der Waals surface area contributed by atoms with Gasteiger partial charge in [-0.2, -0.15) is 4.39 Å². The summed E-state index contributed by atoms with van der Waals surface area (Å²) in [5.41, 5.74) is 1.23. The minimum atomic E-state index is -0.120. The highest BCUT2D eigenvalue weighted by atomic mass is 32.1. The van der Waals surface area contributed by atoms with Crippen LogP contribution in [0.3, 0.4) is 0 Å². The molecule has 1 N–H and O–H groups in total. The van der Waals surface area contributed by atoms with Crippen LogP contribution < -0.4 is 5.32 Å². The molecule has 0 unspecified atom stereocenters. The second-order valence-corrected chi connectivity index (χ2v) is 4.54. The third-order valence-electron chi connectivity index (χ3n) is 2.29. The number of aryl methyl sites for hydroxylation is 1. The minimum absolute atomic E-state index is 0.120. The molecule has 0 saturated carbocycles. The number of hydrogen-bond donors (Lipinski definition) is 1. The molecule has 2 nitrogen and oxygen atoms in total. The summed E-state index contributed by atoms with van der Waals surface area (Å²) < 4.78 is 14.7. The van der Waals surface area contributed by atoms with Crippen molar-refractivity contribution in [3.05, 3.63) is 46.2 Å². The van der Waals surface area contributed by atoms with Crippen molar-refractivity contribution in [1.82, 2.24) is 9.88 Å². The lowest BCUT2D eigenvalue weighted by molar-refractivity contribution is 0.656. The van der Waals surface area contributed by atoms with E-state index in [0.717, 1.165) is 18.0 Å². The fourth-order valence-electron chi connectivity index (χ4n) is 1.44. The average molecular weight is 224 g/mol. The van der Waals surface area contributed by atoms with Crippen molar-refractivity contribution in [2.45, 2.75) is 13.1 Å². The first kappa shape index (κ1) is 10.4. The molecular weight excluding hydrogens is 211 g/mol. The van der Waals surface area contributed by atoms with E-state index in [0.29, 0.717) is 0 Å². The molecule has 2 aromatic rings. The van der Waals surface area contributed by atoms with Crippen molar-refractivity contribution >= 4 is 11.3 Å². The highest BCUT2D eigenvalue weighted by Gasteiger charge is 1.99. The lowest BCUT2D eigenvalue weighted by atomic mass is 10.4. The van der Waals surface area contributed by atoms with Crippen LogP contribution >= 0.6 is 11.3 Å². The van der Waals surface area contributed by atoms with E-state index >= 15 is 0 Å². The summed E-state index contributed by atoms with van der Waals surface area (Å²) in [4.78, 5) is 1.03. The Kier molecular flexibility index (Phi) is 3.18. The lowest BCUT2D eigenvalue weighted by Gasteiger charge is -2.04. The molecule has 4 heteroatoms. The van der Waals surface area contributed by atoms with Gasteiger partial charge in [-0.05, 0) is 24.3 Å². The van der Waals surface area contributed by atoms with Crippen LogP contribution in [-0.4, -0.2) is 4.57 Å². The van der Waals surface area contributed by atoms with Crippen molar-refractivity contribution in [3.8, 4) is 0 Å². The Hall–Kier alpha value is -1.13. The fourth-order valence-corrected chi connectivity index (χ4v) is 2.14. The maximum Gasteiger partial charge on any atom is 0.176 e. The van der Waals surface area contributed by atoms with Crippen LogP contribution in [0, 0.1) is 5.13 Å². The molecule has 80 valence electrons. The summed E-state index contributed by atoms with van der Waals surface area (Å²) in [6.07, 6.45) is 2.02. The van der Waals surface area contributed by atoms with Crippen LogP contribution in [0.15, 0.2) is 30.5 Å². The molecular formula is C11H13FN2S. The zero-order valence-corrected chi connectivity index (χ0v) is 9.35. The van der Waals surface area contributed by atoms with Crippen molar-refractivity contribution in [2.75, 3.05) is 0 Å². The maximum atomic E-state index is 12.7. The van der Waals surface area contributed by atoms with Crippen molar-refractivity contribution < 1.29 is 4.39 Å². The Bertz CT molecular complexity index is 433. The highest BCUT2D eigenvalue weighted by Crippen LogP contribution is 2.13. The molecule has 15 heavy (non-hydrogen) atoms. The summed E-state index contributed by atoms with van der Waals surface area (Å²) >= 11 is 1.19. The second kappa shape index (κ2) is 4.59. The summed E-state index contributed by atoms with van der Waals surface area (Å²) in [5.74, 6) is 0. The normalized spacial score (nSPS) is 10.8. The van der Waals surface area contributed by atoms with E-state index in [2.05, 4.69) is 16.0 Å². The Labute approximate surface area is 92.4 Å². The van der Waals surface area contributed by atoms with Crippen LogP contribution in [0.2, 0.25) is 0 Å². The van der Waals surface area contributed by atoms with Crippen molar-refractivity contribution in [2.24, 2.45) is 7.05 Å². The van der Waals surface area contributed by atoms with Crippen LogP contribution in [0.5, 0.6) is 0 Å². The van der Waals surface area contributed by atoms with Gasteiger partial charge >= 0.3 is 0 Å². The number of rotatable bonds is 4. The van der Waals surface area contributed by atoms with Gasteiger partial charge in [0.05, 0.1) is 0 Å². The van der Waals surface area contributed by atoms with E-state index in [9.17, 15) is 4.39 Å². The van der Waals surface area contributed by atoms with Crippen LogP contribution in [0.1, 0.15) is 10.6 Å². The molecule has 0 spiro atoms. The summed E-state index contributed by atoms with van der Waals surface area (Å²) in [6.45, 7) is 1.53. The van der Waals surface area contributed by atoms with Gasteiger partial charge in [0.1, 0.15) is 0 Å². The largest absolute Gasteiger partial charge is 0.353 e. The van der Waals surface area contributed by atoms with Gasteiger partial charge in [-0.25, -0.2) is 0 Å². The van der Waals surface area contributed by atoms with Gasteiger partial charge in [0.2, 0.25) is 0 Å². The molecule has 0 amide bonds. The van der Waals surface area contributed by atoms with Gasteiger partial charge < -0.3 is 9.88 Å². The molecule has 0 aliphatic carbocycles. The Balaban J connectivity index is 1.83. The monoisotopic (exact) mass is 224 g/mol. The Morgan fingerprint density at radius 2 is 2.20 bits per heavy atom. The van der Waals surface area contributed by atoms with E-state index < -0.39 is 0 Å². The van der Waals surface area contributed by atoms with E-state index in [4.69, 9.17) is 0 Å². The first-order chi connectivity index (χ1) is 7.25. The van der Waals surface area contributed by atoms with Gasteiger partial charge in [0, 0.05) is 36.9 Å². The number of nitrogens with one attached hydrogen (secondary N) is 1. The predicted molar refractivity (Wildman–Crippen MR) is 60.2 cm³/mol. The van der Waals surface area contributed by atoms with Crippen LogP contribution in [0.4, 0.5) is 4.39 Å². The Morgan fingerprint density at radius 3 is 2.80 bits per heavy atom. The molecule has 2 aromatic heterocycles. The summed E-state index contributed by atoms with van der Waals surface area (Å²) in [7, 11) is 2.02. The third-order valence-corrected chi connectivity index (χ3v) is 3.16. The standard InChI is InChI=1S/C11H13FN2S/c1-14-6-2-3-9(14)7-13-8-10-4-5-11(12)15-10/h2-6,13H,7-8H2,1H3. The molecule has 0 aliphatic rings. The molecule has 0 atom stereocenters. The molecule has 0 aliphatic heterocycles. The van der Waals surface area contributed by atoms with E-state index in [1.54, 1.807) is 0 Å². The van der Waals surface area contributed by atoms with Crippen LogP contribution in [-0.2, 0) is 20.1 Å². The lowest BCUT2D eigenvalue weighted by Crippen LogP contribution is -2.13. The van der Waals surface area contributed by atoms with Crippen molar-refractivity contribution in [3.63, 3.8) is 0 Å². The zero-order valence-electron chi connectivity index (χ0n) is 8.53. The molecule has 0 aromatic carbocycles. The quantitative estimate of drug-likeness (QED) is 0.844. The molecule has 2 heterocycles. The van der Waals surface area contributed by atoms with Gasteiger partial charge in [-0.15, -0.1) is 11.3 Å². The van der Waals surface area contributed by atoms with E-state index in [1.807, 2.05) is 25.4 Å². The first-order valence-electron chi connectivity index (χ1n) is 4.81. The highest BCUT2D eigenvalue weighted by molar-refractivity contribution is 7.10. The van der Waals surface area contributed by atoms with Crippen molar-refractivity contribution in [1.29, 1.82) is 0 Å². The molecule has 0 bridgehead atoms. The topological polar surface area (TPSA) is 17.0 Å². The summed E-state index contributed by atoms with van der Waals surface area (Å²) in [6, 6.07) is 7.41. The van der Waals surface area contributed by atoms with E-state index in [-0.39, 0.29) is 5.13 Å². The van der Waals surface area contributed by atoms with E-state index in [1.165, 1.54) is 23.1 Å². The second-order valence-electron chi connectivity index (χ2n) is 3.42. The fraction of sp³-hybridized carbons (Fsp3) is 0.273. The zero-order chi connectivity index (χ0) is 10.7. The van der Waals surface area contributed by atoms with Gasteiger partial charge in [0.15, 0.2) is 5.13 Å². The maximum absolute atomic E-state index is 12.7. The first-order valence-corrected chi connectivity index (χ1v) is 5.62. The van der Waals surface area contributed by atoms with Gasteiger partial charge in [-0.1, -0.05) is 0 Å². The number of hydrogen-bond acceptors (Lipinski definition) is 2. The SMILES string of the molecule is Cn1cccc1CNCc1ccc(F)s1. The molecule has 2 rings (SSSR count). The third kappa shape index (κ3) is 2.67. The van der Waals surface area contributed by atoms with Crippen LogP contribution in [0.25, 0.3) is 0 Å². The summed E-state index contributed by atoms with van der Waals surface area (Å²) in [5, 5.41) is 3.16. The number of aromatic nitrogens is 1. The molecule has 0 fully saturated rings. The predicted octanol–water partition coefficient (Wildman–Crippen LogP) is 2.52. The average Bonchev–Trinajstić information content (AvgIpc) is 2.77. The minimum Gasteiger partial charge on any atom is -0.353 e. The van der Waals surface area contributed by atoms with Gasteiger partial charge in [0.25, 0.3) is 0 Å². The smallest absolute Gasteiger partial charge is 0.176 e. The number of halogens is 1.